The number of benzene rings is 1. The van der Waals surface area contributed by atoms with Gasteiger partial charge in [0.05, 0.1) is 4.90 Å². The minimum absolute atomic E-state index is 0.0383. The number of hydrogen-bond donors (Lipinski definition) is 1. The van der Waals surface area contributed by atoms with Crippen LogP contribution in [0.4, 0.5) is 0 Å². The van der Waals surface area contributed by atoms with Crippen molar-refractivity contribution in [3.8, 4) is 0 Å². The van der Waals surface area contributed by atoms with Crippen molar-refractivity contribution < 1.29 is 18.0 Å². The monoisotopic (exact) mass is 518 g/mol. The van der Waals surface area contributed by atoms with Crippen LogP contribution in [0.3, 0.4) is 0 Å². The van der Waals surface area contributed by atoms with Crippen LogP contribution in [0.1, 0.15) is 37.0 Å². The summed E-state index contributed by atoms with van der Waals surface area (Å²) in [5.41, 5.74) is 6.25. The molecule has 35 heavy (non-hydrogen) atoms. The van der Waals surface area contributed by atoms with Crippen molar-refractivity contribution in [2.24, 2.45) is 17.6 Å². The molecule has 1 aromatic carbocycles. The van der Waals surface area contributed by atoms with Crippen molar-refractivity contribution in [2.75, 3.05) is 19.6 Å². The van der Waals surface area contributed by atoms with Gasteiger partial charge in [-0.15, -0.1) is 0 Å². The van der Waals surface area contributed by atoms with Crippen molar-refractivity contribution in [1.82, 2.24) is 14.2 Å². The quantitative estimate of drug-likeness (QED) is 0.511. The normalized spacial score (nSPS) is 16.2. The lowest BCUT2D eigenvalue weighted by Gasteiger charge is -2.36. The summed E-state index contributed by atoms with van der Waals surface area (Å²) in [6.45, 7) is 4.95. The number of rotatable bonds is 9. The standard InChI is InChI=1S/C25H31ClN4O4S/c1-18(2)3-8-23(24(27)31)30(35(33,34)22-6-4-21(26)5-7-22)17-19-11-15-29(16-12-19)25(32)20-9-13-28-14-10-20/h3-10,13-14,18-19,23H,11-12,15-17H2,1-2H3,(H2,27,31)/b8-3+. The third-order valence-corrected chi connectivity index (χ3v) is 8.08. The first-order chi connectivity index (χ1) is 16.6. The van der Waals surface area contributed by atoms with Gasteiger partial charge in [-0.3, -0.25) is 14.6 Å². The second kappa shape index (κ2) is 11.8. The predicted molar refractivity (Wildman–Crippen MR) is 135 cm³/mol. The van der Waals surface area contributed by atoms with Gasteiger partial charge < -0.3 is 10.6 Å². The zero-order valence-corrected chi connectivity index (χ0v) is 21.5. The number of likely N-dealkylation sites (tertiary alicyclic amines) is 1. The number of halogens is 1. The van der Waals surface area contributed by atoms with E-state index in [2.05, 4.69) is 4.98 Å². The molecule has 10 heteroatoms. The highest BCUT2D eigenvalue weighted by Crippen LogP contribution is 2.27. The van der Waals surface area contributed by atoms with Crippen molar-refractivity contribution >= 4 is 33.4 Å². The summed E-state index contributed by atoms with van der Waals surface area (Å²) < 4.78 is 28.5. The number of aromatic nitrogens is 1. The third kappa shape index (κ3) is 6.90. The average Bonchev–Trinajstić information content (AvgIpc) is 2.84. The van der Waals surface area contributed by atoms with Crippen LogP contribution in [0.2, 0.25) is 5.02 Å². The van der Waals surface area contributed by atoms with Gasteiger partial charge in [-0.2, -0.15) is 4.31 Å². The Morgan fingerprint density at radius 3 is 2.26 bits per heavy atom. The predicted octanol–water partition coefficient (Wildman–Crippen LogP) is 3.34. The van der Waals surface area contributed by atoms with Gasteiger partial charge in [0.2, 0.25) is 15.9 Å². The minimum atomic E-state index is -4.05. The Labute approximate surface area is 211 Å². The largest absolute Gasteiger partial charge is 0.368 e. The lowest BCUT2D eigenvalue weighted by Crippen LogP contribution is -2.50. The van der Waals surface area contributed by atoms with Crippen LogP contribution in [-0.4, -0.2) is 60.1 Å². The molecule has 0 spiro atoms. The Morgan fingerprint density at radius 2 is 1.71 bits per heavy atom. The highest BCUT2D eigenvalue weighted by molar-refractivity contribution is 7.89. The summed E-state index contributed by atoms with van der Waals surface area (Å²) in [7, 11) is -4.05. The molecule has 8 nitrogen and oxygen atoms in total. The maximum absolute atomic E-state index is 13.6. The molecule has 1 unspecified atom stereocenters. The molecule has 0 radical (unpaired) electrons. The number of amides is 2. The number of nitrogens with two attached hydrogens (primary N) is 1. The number of hydrogen-bond acceptors (Lipinski definition) is 5. The van der Waals surface area contributed by atoms with Gasteiger partial charge in [-0.25, -0.2) is 8.42 Å². The van der Waals surface area contributed by atoms with E-state index in [9.17, 15) is 18.0 Å². The minimum Gasteiger partial charge on any atom is -0.368 e. The molecular weight excluding hydrogens is 488 g/mol. The van der Waals surface area contributed by atoms with E-state index in [4.69, 9.17) is 17.3 Å². The SMILES string of the molecule is CC(C)/C=C/C(C(N)=O)N(CC1CCN(C(=O)c2ccncc2)CC1)S(=O)(=O)c1ccc(Cl)cc1. The van der Waals surface area contributed by atoms with Gasteiger partial charge in [0.15, 0.2) is 0 Å². The summed E-state index contributed by atoms with van der Waals surface area (Å²) in [6, 6.07) is 8.06. The molecule has 2 amide bonds. The van der Waals surface area contributed by atoms with E-state index < -0.39 is 22.0 Å². The Morgan fingerprint density at radius 1 is 1.11 bits per heavy atom. The van der Waals surface area contributed by atoms with Crippen LogP contribution in [0.25, 0.3) is 0 Å². The van der Waals surface area contributed by atoms with Crippen molar-refractivity contribution in [3.63, 3.8) is 0 Å². The van der Waals surface area contributed by atoms with E-state index in [1.54, 1.807) is 41.6 Å². The molecule has 188 valence electrons. The van der Waals surface area contributed by atoms with Gasteiger partial charge >= 0.3 is 0 Å². The van der Waals surface area contributed by atoms with E-state index in [1.807, 2.05) is 13.8 Å². The van der Waals surface area contributed by atoms with E-state index in [0.717, 1.165) is 0 Å². The first kappa shape index (κ1) is 26.8. The van der Waals surface area contributed by atoms with Gasteiger partial charge in [0, 0.05) is 42.6 Å². The van der Waals surface area contributed by atoms with Crippen LogP contribution < -0.4 is 5.73 Å². The summed E-state index contributed by atoms with van der Waals surface area (Å²) in [5, 5.41) is 0.410. The fraction of sp³-hybridized carbons (Fsp3) is 0.400. The lowest BCUT2D eigenvalue weighted by atomic mass is 9.95. The smallest absolute Gasteiger partial charge is 0.253 e. The topological polar surface area (TPSA) is 114 Å². The van der Waals surface area contributed by atoms with Gasteiger partial charge in [-0.1, -0.05) is 37.6 Å². The third-order valence-electron chi connectivity index (χ3n) is 5.97. The number of pyridine rings is 1. The van der Waals surface area contributed by atoms with E-state index in [-0.39, 0.29) is 29.2 Å². The average molecular weight is 519 g/mol. The Bertz CT molecular complexity index is 1150. The zero-order chi connectivity index (χ0) is 25.6. The second-order valence-electron chi connectivity index (χ2n) is 8.98. The first-order valence-electron chi connectivity index (χ1n) is 11.5. The molecular formula is C25H31ClN4O4S. The van der Waals surface area contributed by atoms with Crippen LogP contribution in [-0.2, 0) is 14.8 Å². The molecule has 0 aliphatic carbocycles. The highest BCUT2D eigenvalue weighted by atomic mass is 35.5. The van der Waals surface area contributed by atoms with E-state index >= 15 is 0 Å². The summed E-state index contributed by atoms with van der Waals surface area (Å²) in [5.74, 6) is -0.761. The number of primary amides is 1. The van der Waals surface area contributed by atoms with E-state index in [1.165, 1.54) is 28.6 Å². The van der Waals surface area contributed by atoms with Gasteiger partial charge in [0.1, 0.15) is 6.04 Å². The summed E-state index contributed by atoms with van der Waals surface area (Å²) in [4.78, 5) is 30.9. The van der Waals surface area contributed by atoms with Crippen LogP contribution in [0.15, 0.2) is 65.8 Å². The summed E-state index contributed by atoms with van der Waals surface area (Å²) in [6.07, 6.45) is 7.69. The van der Waals surface area contributed by atoms with Crippen molar-refractivity contribution in [1.29, 1.82) is 0 Å². The van der Waals surface area contributed by atoms with Crippen molar-refractivity contribution in [3.05, 3.63) is 71.5 Å². The van der Waals surface area contributed by atoms with Gasteiger partial charge in [0.25, 0.3) is 5.91 Å². The molecule has 1 fully saturated rings. The number of allylic oxidation sites excluding steroid dienone is 1. The zero-order valence-electron chi connectivity index (χ0n) is 19.9. The van der Waals surface area contributed by atoms with Crippen LogP contribution >= 0.6 is 11.6 Å². The molecule has 0 saturated carbocycles. The molecule has 2 aromatic rings. The Balaban J connectivity index is 1.82. The number of piperidine rings is 1. The fourth-order valence-electron chi connectivity index (χ4n) is 4.01. The highest BCUT2D eigenvalue weighted by Gasteiger charge is 2.36. The maximum atomic E-state index is 13.6. The number of nitrogens with zero attached hydrogens (tertiary/aromatic N) is 3. The Kier molecular flexibility index (Phi) is 9.04. The molecule has 3 rings (SSSR count). The lowest BCUT2D eigenvalue weighted by molar-refractivity contribution is -0.120. The Hall–Kier alpha value is -2.75. The molecule has 2 heterocycles. The molecule has 1 aliphatic rings. The molecule has 1 aliphatic heterocycles. The van der Waals surface area contributed by atoms with E-state index in [0.29, 0.717) is 36.5 Å². The second-order valence-corrected chi connectivity index (χ2v) is 11.3. The number of carbonyl (C=O) groups is 2. The summed E-state index contributed by atoms with van der Waals surface area (Å²) >= 11 is 5.95. The number of sulfonamides is 1. The van der Waals surface area contributed by atoms with Crippen LogP contribution in [0, 0.1) is 11.8 Å². The molecule has 0 bridgehead atoms. The maximum Gasteiger partial charge on any atom is 0.253 e. The number of carbonyl (C=O) groups excluding carboxylic acids is 2. The molecule has 1 saturated heterocycles. The molecule has 2 N–H and O–H groups in total. The fourth-order valence-corrected chi connectivity index (χ4v) is 5.77. The molecule has 1 aromatic heterocycles. The molecule has 1 atom stereocenters. The van der Waals surface area contributed by atoms with Gasteiger partial charge in [-0.05, 0) is 61.1 Å². The van der Waals surface area contributed by atoms with Crippen LogP contribution in [0.5, 0.6) is 0 Å². The van der Waals surface area contributed by atoms with Crippen molar-refractivity contribution in [2.45, 2.75) is 37.6 Å². The first-order valence-corrected chi connectivity index (χ1v) is 13.4.